The predicted octanol–water partition coefficient (Wildman–Crippen LogP) is 3.86. The van der Waals surface area contributed by atoms with Gasteiger partial charge in [0, 0.05) is 12.6 Å². The van der Waals surface area contributed by atoms with Gasteiger partial charge in [0.15, 0.2) is 0 Å². The minimum Gasteiger partial charge on any atom is -0.494 e. The summed E-state index contributed by atoms with van der Waals surface area (Å²) in [6, 6.07) is 11.3. The molecule has 0 spiro atoms. The number of carbonyl (C=O) groups excluding carboxylic acids is 2. The molecular weight excluding hydrogens is 497 g/mol. The monoisotopic (exact) mass is 533 g/mol. The molecule has 1 atom stereocenters. The molecule has 8 nitrogen and oxygen atoms in total. The molecule has 0 aromatic heterocycles. The Labute approximate surface area is 218 Å². The number of benzene rings is 2. The van der Waals surface area contributed by atoms with Crippen molar-refractivity contribution in [1.82, 2.24) is 10.2 Å². The van der Waals surface area contributed by atoms with Crippen molar-refractivity contribution in [2.24, 2.45) is 0 Å². The number of hydrogen-bond donors (Lipinski definition) is 1. The number of halogens is 1. The molecule has 1 saturated carbocycles. The molecule has 10 heteroatoms. The fraction of sp³-hybridized carbons (Fsp3) is 0.481. The van der Waals surface area contributed by atoms with Crippen molar-refractivity contribution < 1.29 is 27.1 Å². The van der Waals surface area contributed by atoms with Crippen molar-refractivity contribution in [2.45, 2.75) is 64.6 Å². The van der Waals surface area contributed by atoms with Crippen LogP contribution in [-0.2, 0) is 26.2 Å². The largest absolute Gasteiger partial charge is 0.494 e. The minimum absolute atomic E-state index is 0.0270. The first-order valence-electron chi connectivity index (χ1n) is 12.6. The Morgan fingerprint density at radius 3 is 2.24 bits per heavy atom. The topological polar surface area (TPSA) is 96.0 Å². The zero-order valence-corrected chi connectivity index (χ0v) is 22.5. The van der Waals surface area contributed by atoms with Crippen LogP contribution in [0.1, 0.15) is 51.5 Å². The van der Waals surface area contributed by atoms with Gasteiger partial charge < -0.3 is 15.0 Å². The molecular formula is C27H36FN3O5S. The zero-order valence-electron chi connectivity index (χ0n) is 21.7. The van der Waals surface area contributed by atoms with Gasteiger partial charge in [-0.1, -0.05) is 31.4 Å². The molecule has 202 valence electrons. The van der Waals surface area contributed by atoms with Crippen LogP contribution in [0, 0.1) is 5.82 Å². The summed E-state index contributed by atoms with van der Waals surface area (Å²) in [5.41, 5.74) is 0.930. The summed E-state index contributed by atoms with van der Waals surface area (Å²) in [7, 11) is -3.82. The number of ether oxygens (including phenoxy) is 1. The van der Waals surface area contributed by atoms with E-state index in [1.807, 2.05) is 6.92 Å². The summed E-state index contributed by atoms with van der Waals surface area (Å²) < 4.78 is 45.2. The van der Waals surface area contributed by atoms with Crippen molar-refractivity contribution in [1.29, 1.82) is 0 Å². The summed E-state index contributed by atoms with van der Waals surface area (Å²) in [6.07, 6.45) is 6.05. The lowest BCUT2D eigenvalue weighted by molar-refractivity contribution is -0.139. The first-order valence-corrected chi connectivity index (χ1v) is 14.5. The van der Waals surface area contributed by atoms with Crippen LogP contribution in [0.3, 0.4) is 0 Å². The van der Waals surface area contributed by atoms with E-state index in [1.54, 1.807) is 43.3 Å². The summed E-state index contributed by atoms with van der Waals surface area (Å²) in [5, 5.41) is 3.04. The summed E-state index contributed by atoms with van der Waals surface area (Å²) >= 11 is 0. The quantitative estimate of drug-likeness (QED) is 0.473. The number of nitrogens with zero attached hydrogens (tertiary/aromatic N) is 2. The van der Waals surface area contributed by atoms with E-state index in [9.17, 15) is 22.4 Å². The maximum Gasteiger partial charge on any atom is 0.244 e. The third kappa shape index (κ3) is 8.18. The van der Waals surface area contributed by atoms with Crippen LogP contribution in [-0.4, -0.2) is 56.6 Å². The molecule has 2 amide bonds. The van der Waals surface area contributed by atoms with Gasteiger partial charge in [-0.3, -0.25) is 13.9 Å². The van der Waals surface area contributed by atoms with Crippen LogP contribution >= 0.6 is 0 Å². The molecule has 3 rings (SSSR count). The van der Waals surface area contributed by atoms with Crippen LogP contribution in [0.2, 0.25) is 0 Å². The smallest absolute Gasteiger partial charge is 0.244 e. The Hall–Kier alpha value is -3.14. The number of carbonyl (C=O) groups is 2. The standard InChI is InChI=1S/C27H36FN3O5S/c1-4-36-25-16-14-24(15-17-25)31(37(3,34)35)19-26(32)30(18-21-10-12-22(28)13-11-21)20(2)27(33)29-23-8-6-5-7-9-23/h10-17,20,23H,4-9,18-19H2,1-3H3,(H,29,33)/t20-/m1/s1. The second-order valence-electron chi connectivity index (χ2n) is 9.36. The fourth-order valence-corrected chi connectivity index (χ4v) is 5.28. The Morgan fingerprint density at radius 2 is 1.68 bits per heavy atom. The van der Waals surface area contributed by atoms with Crippen LogP contribution in [0.5, 0.6) is 5.75 Å². The molecule has 0 bridgehead atoms. The van der Waals surface area contributed by atoms with Gasteiger partial charge in [0.2, 0.25) is 21.8 Å². The molecule has 1 fully saturated rings. The molecule has 2 aromatic rings. The Bertz CT molecular complexity index is 1150. The van der Waals surface area contributed by atoms with Gasteiger partial charge in [-0.25, -0.2) is 12.8 Å². The van der Waals surface area contributed by atoms with E-state index in [2.05, 4.69) is 5.32 Å². The van der Waals surface area contributed by atoms with E-state index in [-0.39, 0.29) is 18.5 Å². The maximum absolute atomic E-state index is 13.6. The van der Waals surface area contributed by atoms with E-state index in [0.717, 1.165) is 42.7 Å². The highest BCUT2D eigenvalue weighted by atomic mass is 32.2. The number of hydrogen-bond acceptors (Lipinski definition) is 5. The molecule has 37 heavy (non-hydrogen) atoms. The molecule has 0 heterocycles. The van der Waals surface area contributed by atoms with Crippen molar-refractivity contribution in [3.63, 3.8) is 0 Å². The minimum atomic E-state index is -3.82. The lowest BCUT2D eigenvalue weighted by atomic mass is 9.95. The third-order valence-corrected chi connectivity index (χ3v) is 7.64. The molecule has 0 saturated heterocycles. The Balaban J connectivity index is 1.84. The second kappa shape index (κ2) is 12.9. The van der Waals surface area contributed by atoms with Crippen molar-refractivity contribution in [3.8, 4) is 5.75 Å². The lowest BCUT2D eigenvalue weighted by Gasteiger charge is -2.33. The molecule has 2 aromatic carbocycles. The maximum atomic E-state index is 13.6. The summed E-state index contributed by atoms with van der Waals surface area (Å²) in [4.78, 5) is 28.1. The van der Waals surface area contributed by atoms with Crippen molar-refractivity contribution in [3.05, 3.63) is 59.9 Å². The van der Waals surface area contributed by atoms with Crippen LogP contribution < -0.4 is 14.4 Å². The lowest BCUT2D eigenvalue weighted by Crippen LogP contribution is -2.52. The molecule has 0 radical (unpaired) electrons. The average molecular weight is 534 g/mol. The first kappa shape index (κ1) is 28.4. The van der Waals surface area contributed by atoms with E-state index in [0.29, 0.717) is 23.6 Å². The van der Waals surface area contributed by atoms with Gasteiger partial charge in [0.05, 0.1) is 18.6 Å². The van der Waals surface area contributed by atoms with Crippen LogP contribution in [0.25, 0.3) is 0 Å². The third-order valence-electron chi connectivity index (χ3n) is 6.50. The first-order chi connectivity index (χ1) is 17.6. The van der Waals surface area contributed by atoms with Gasteiger partial charge in [-0.2, -0.15) is 0 Å². The van der Waals surface area contributed by atoms with Crippen molar-refractivity contribution in [2.75, 3.05) is 23.7 Å². The van der Waals surface area contributed by atoms with Gasteiger partial charge in [-0.15, -0.1) is 0 Å². The summed E-state index contributed by atoms with van der Waals surface area (Å²) in [5.74, 6) is -0.676. The predicted molar refractivity (Wildman–Crippen MR) is 141 cm³/mol. The van der Waals surface area contributed by atoms with Gasteiger partial charge >= 0.3 is 0 Å². The zero-order chi connectivity index (χ0) is 27.0. The van der Waals surface area contributed by atoms with E-state index in [4.69, 9.17) is 4.74 Å². The van der Waals surface area contributed by atoms with Crippen LogP contribution in [0.4, 0.5) is 10.1 Å². The van der Waals surface area contributed by atoms with E-state index in [1.165, 1.54) is 17.0 Å². The van der Waals surface area contributed by atoms with Gasteiger partial charge in [0.25, 0.3) is 0 Å². The molecule has 1 aliphatic carbocycles. The van der Waals surface area contributed by atoms with Gasteiger partial charge in [0.1, 0.15) is 24.2 Å². The van der Waals surface area contributed by atoms with Crippen LogP contribution in [0.15, 0.2) is 48.5 Å². The fourth-order valence-electron chi connectivity index (χ4n) is 4.43. The van der Waals surface area contributed by atoms with E-state index >= 15 is 0 Å². The molecule has 1 N–H and O–H groups in total. The highest BCUT2D eigenvalue weighted by Gasteiger charge is 2.31. The highest BCUT2D eigenvalue weighted by molar-refractivity contribution is 7.92. The number of rotatable bonds is 11. The normalized spacial score (nSPS) is 15.0. The Kier molecular flexibility index (Phi) is 9.91. The van der Waals surface area contributed by atoms with Gasteiger partial charge in [-0.05, 0) is 68.7 Å². The number of nitrogens with one attached hydrogen (secondary N) is 1. The van der Waals surface area contributed by atoms with E-state index < -0.39 is 34.3 Å². The molecule has 0 unspecified atom stereocenters. The van der Waals surface area contributed by atoms with Crippen molar-refractivity contribution >= 4 is 27.5 Å². The number of anilines is 1. The SMILES string of the molecule is CCOc1ccc(N(CC(=O)N(Cc2ccc(F)cc2)[C@H](C)C(=O)NC2CCCCC2)S(C)(=O)=O)cc1. The molecule has 1 aliphatic rings. The highest BCUT2D eigenvalue weighted by Crippen LogP contribution is 2.23. The number of amides is 2. The molecule has 0 aliphatic heterocycles. The number of sulfonamides is 1. The second-order valence-corrected chi connectivity index (χ2v) is 11.3. The average Bonchev–Trinajstić information content (AvgIpc) is 2.87. The Morgan fingerprint density at radius 1 is 1.05 bits per heavy atom. The summed E-state index contributed by atoms with van der Waals surface area (Å²) in [6.45, 7) is 3.47.